The van der Waals surface area contributed by atoms with E-state index in [0.717, 1.165) is 11.4 Å². The van der Waals surface area contributed by atoms with Crippen LogP contribution < -0.4 is 5.32 Å². The third kappa shape index (κ3) is 3.49. The molecule has 21 heavy (non-hydrogen) atoms. The van der Waals surface area contributed by atoms with Gasteiger partial charge in [-0.2, -0.15) is 0 Å². The molecule has 2 atom stereocenters. The van der Waals surface area contributed by atoms with E-state index >= 15 is 0 Å². The maximum atomic E-state index is 5.94. The summed E-state index contributed by atoms with van der Waals surface area (Å²) < 4.78 is 7.81. The van der Waals surface area contributed by atoms with Crippen LogP contribution in [-0.2, 0) is 4.74 Å². The highest BCUT2D eigenvalue weighted by Crippen LogP contribution is 2.25. The average Bonchev–Trinajstić information content (AvgIpc) is 2.97. The van der Waals surface area contributed by atoms with Crippen molar-refractivity contribution in [2.75, 3.05) is 13.7 Å². The van der Waals surface area contributed by atoms with Crippen molar-refractivity contribution in [3.63, 3.8) is 0 Å². The summed E-state index contributed by atoms with van der Waals surface area (Å²) in [6.45, 7) is 7.05. The number of nitrogens with one attached hydrogen (secondary N) is 1. The van der Waals surface area contributed by atoms with Crippen molar-refractivity contribution in [3.8, 4) is 5.69 Å². The minimum Gasteiger partial charge on any atom is -0.376 e. The van der Waals surface area contributed by atoms with Gasteiger partial charge in [-0.25, -0.2) is 4.68 Å². The molecule has 0 bridgehead atoms. The Balaban J connectivity index is 2.37. The van der Waals surface area contributed by atoms with Crippen molar-refractivity contribution in [1.82, 2.24) is 20.3 Å². The van der Waals surface area contributed by atoms with Crippen molar-refractivity contribution in [2.45, 2.75) is 32.9 Å². The van der Waals surface area contributed by atoms with Gasteiger partial charge in [0.05, 0.1) is 29.7 Å². The van der Waals surface area contributed by atoms with E-state index in [2.05, 4.69) is 29.5 Å². The van der Waals surface area contributed by atoms with E-state index in [9.17, 15) is 0 Å². The standard InChI is InChI=1S/C16H24N4O/c1-5-21-16(12(2)3)15(17-4)14-11-18-19-20(14)13-9-7-6-8-10-13/h6-12,15-17H,5H2,1-4H3. The van der Waals surface area contributed by atoms with Gasteiger partial charge in [-0.05, 0) is 32.0 Å². The van der Waals surface area contributed by atoms with Gasteiger partial charge >= 0.3 is 0 Å². The number of likely N-dealkylation sites (N-methyl/N-ethyl adjacent to an activating group) is 1. The zero-order valence-electron chi connectivity index (χ0n) is 13.2. The Morgan fingerprint density at radius 1 is 1.24 bits per heavy atom. The number of hydrogen-bond donors (Lipinski definition) is 1. The molecule has 2 rings (SSSR count). The monoisotopic (exact) mass is 288 g/mol. The highest BCUT2D eigenvalue weighted by Gasteiger charge is 2.28. The van der Waals surface area contributed by atoms with Crippen LogP contribution in [0, 0.1) is 5.92 Å². The smallest absolute Gasteiger partial charge is 0.0841 e. The first kappa shape index (κ1) is 15.7. The molecule has 0 radical (unpaired) electrons. The predicted octanol–water partition coefficient (Wildman–Crippen LogP) is 2.59. The summed E-state index contributed by atoms with van der Waals surface area (Å²) in [5.41, 5.74) is 2.01. The Bertz CT molecular complexity index is 538. The molecule has 0 aliphatic heterocycles. The molecule has 5 heteroatoms. The number of ether oxygens (including phenoxy) is 1. The van der Waals surface area contributed by atoms with Crippen molar-refractivity contribution < 1.29 is 4.74 Å². The quantitative estimate of drug-likeness (QED) is 0.851. The van der Waals surface area contributed by atoms with Gasteiger partial charge in [0.15, 0.2) is 0 Å². The fourth-order valence-corrected chi connectivity index (χ4v) is 2.57. The molecule has 1 aromatic carbocycles. The molecule has 0 aliphatic rings. The summed E-state index contributed by atoms with van der Waals surface area (Å²) in [5.74, 6) is 0.390. The minimum atomic E-state index is 0.0418. The largest absolute Gasteiger partial charge is 0.376 e. The van der Waals surface area contributed by atoms with E-state index < -0.39 is 0 Å². The van der Waals surface area contributed by atoms with Crippen molar-refractivity contribution in [1.29, 1.82) is 0 Å². The third-order valence-corrected chi connectivity index (χ3v) is 3.55. The van der Waals surface area contributed by atoms with Crippen LogP contribution >= 0.6 is 0 Å². The Labute approximate surface area is 126 Å². The number of aromatic nitrogens is 3. The van der Waals surface area contributed by atoms with Crippen molar-refractivity contribution in [3.05, 3.63) is 42.2 Å². The molecular formula is C16H24N4O. The molecule has 0 amide bonds. The molecule has 0 saturated carbocycles. The highest BCUT2D eigenvalue weighted by atomic mass is 16.5. The van der Waals surface area contributed by atoms with Crippen LogP contribution in [0.4, 0.5) is 0 Å². The zero-order chi connectivity index (χ0) is 15.2. The highest BCUT2D eigenvalue weighted by molar-refractivity contribution is 5.32. The number of benzene rings is 1. The summed E-state index contributed by atoms with van der Waals surface area (Å²) in [4.78, 5) is 0. The summed E-state index contributed by atoms with van der Waals surface area (Å²) in [5, 5.41) is 11.7. The van der Waals surface area contributed by atoms with E-state index in [-0.39, 0.29) is 12.1 Å². The molecular weight excluding hydrogens is 264 g/mol. The lowest BCUT2D eigenvalue weighted by Gasteiger charge is -2.29. The summed E-state index contributed by atoms with van der Waals surface area (Å²) in [6, 6.07) is 10.1. The lowest BCUT2D eigenvalue weighted by Crippen LogP contribution is -2.36. The Morgan fingerprint density at radius 2 is 1.95 bits per heavy atom. The van der Waals surface area contributed by atoms with Gasteiger partial charge in [0.2, 0.25) is 0 Å². The van der Waals surface area contributed by atoms with E-state index in [0.29, 0.717) is 12.5 Å². The molecule has 1 N–H and O–H groups in total. The van der Waals surface area contributed by atoms with E-state index in [1.165, 1.54) is 0 Å². The fraction of sp³-hybridized carbons (Fsp3) is 0.500. The normalized spacial score (nSPS) is 14.3. The lowest BCUT2D eigenvalue weighted by molar-refractivity contribution is 0.00308. The van der Waals surface area contributed by atoms with Gasteiger partial charge in [0.25, 0.3) is 0 Å². The number of hydrogen-bond acceptors (Lipinski definition) is 4. The number of para-hydroxylation sites is 1. The predicted molar refractivity (Wildman–Crippen MR) is 83.4 cm³/mol. The van der Waals surface area contributed by atoms with Crippen molar-refractivity contribution >= 4 is 0 Å². The molecule has 114 valence electrons. The SMILES string of the molecule is CCOC(C(C)C)C(NC)c1cnnn1-c1ccccc1. The third-order valence-electron chi connectivity index (χ3n) is 3.55. The van der Waals surface area contributed by atoms with Crippen LogP contribution in [0.1, 0.15) is 32.5 Å². The minimum absolute atomic E-state index is 0.0418. The van der Waals surface area contributed by atoms with E-state index in [4.69, 9.17) is 4.74 Å². The summed E-state index contributed by atoms with van der Waals surface area (Å²) >= 11 is 0. The first-order chi connectivity index (χ1) is 10.2. The van der Waals surface area contributed by atoms with Gasteiger partial charge in [0.1, 0.15) is 0 Å². The zero-order valence-corrected chi connectivity index (χ0v) is 13.2. The van der Waals surface area contributed by atoms with E-state index in [1.807, 2.05) is 55.2 Å². The second-order valence-electron chi connectivity index (χ2n) is 5.34. The van der Waals surface area contributed by atoms with Crippen LogP contribution in [0.2, 0.25) is 0 Å². The molecule has 1 aromatic heterocycles. The maximum Gasteiger partial charge on any atom is 0.0841 e. The molecule has 1 heterocycles. The first-order valence-electron chi connectivity index (χ1n) is 7.43. The van der Waals surface area contributed by atoms with Crippen LogP contribution in [0.15, 0.2) is 36.5 Å². The molecule has 2 unspecified atom stereocenters. The van der Waals surface area contributed by atoms with Crippen LogP contribution in [0.3, 0.4) is 0 Å². The van der Waals surface area contributed by atoms with Gasteiger partial charge in [0, 0.05) is 6.61 Å². The molecule has 0 aliphatic carbocycles. The number of rotatable bonds is 7. The Morgan fingerprint density at radius 3 is 2.52 bits per heavy atom. The van der Waals surface area contributed by atoms with Crippen molar-refractivity contribution in [2.24, 2.45) is 5.92 Å². The molecule has 5 nitrogen and oxygen atoms in total. The van der Waals surface area contributed by atoms with Gasteiger partial charge in [-0.15, -0.1) is 5.10 Å². The average molecular weight is 288 g/mol. The Kier molecular flexibility index (Phi) is 5.47. The molecule has 2 aromatic rings. The first-order valence-corrected chi connectivity index (χ1v) is 7.43. The summed E-state index contributed by atoms with van der Waals surface area (Å²) in [6.07, 6.45) is 1.88. The molecule has 0 spiro atoms. The van der Waals surface area contributed by atoms with Gasteiger partial charge in [-0.3, -0.25) is 0 Å². The summed E-state index contributed by atoms with van der Waals surface area (Å²) in [7, 11) is 1.95. The van der Waals surface area contributed by atoms with Crippen LogP contribution in [0.25, 0.3) is 5.69 Å². The van der Waals surface area contributed by atoms with Gasteiger partial charge in [-0.1, -0.05) is 37.3 Å². The molecule has 0 saturated heterocycles. The van der Waals surface area contributed by atoms with Gasteiger partial charge < -0.3 is 10.1 Å². The lowest BCUT2D eigenvalue weighted by atomic mass is 9.97. The topological polar surface area (TPSA) is 52.0 Å². The second kappa shape index (κ2) is 7.33. The second-order valence-corrected chi connectivity index (χ2v) is 5.34. The Hall–Kier alpha value is -1.72. The maximum absolute atomic E-state index is 5.94. The fourth-order valence-electron chi connectivity index (χ4n) is 2.57. The van der Waals surface area contributed by atoms with E-state index in [1.54, 1.807) is 0 Å². The number of nitrogens with zero attached hydrogens (tertiary/aromatic N) is 3. The van der Waals surface area contributed by atoms with Crippen LogP contribution in [0.5, 0.6) is 0 Å². The molecule has 0 fully saturated rings. The van der Waals surface area contributed by atoms with Crippen LogP contribution in [-0.4, -0.2) is 34.8 Å².